The van der Waals surface area contributed by atoms with E-state index in [9.17, 15) is 5.11 Å². The van der Waals surface area contributed by atoms with E-state index in [1.54, 1.807) is 0 Å². The van der Waals surface area contributed by atoms with E-state index in [4.69, 9.17) is 4.74 Å². The zero-order valence-electron chi connectivity index (χ0n) is 10.3. The summed E-state index contributed by atoms with van der Waals surface area (Å²) in [5.41, 5.74) is -0.101. The fourth-order valence-electron chi connectivity index (χ4n) is 1.85. The molecule has 3 nitrogen and oxygen atoms in total. The Kier molecular flexibility index (Phi) is 5.03. The van der Waals surface area contributed by atoms with Gasteiger partial charge in [-0.15, -0.1) is 0 Å². The quantitative estimate of drug-likeness (QED) is 0.731. The molecular weight excluding hydrogens is 190 g/mol. The highest BCUT2D eigenvalue weighted by atomic mass is 16.5. The number of likely N-dealkylation sites (N-methyl/N-ethyl adjacent to an activating group) is 1. The first-order chi connectivity index (χ1) is 7.06. The second-order valence-electron chi connectivity index (χ2n) is 5.17. The van der Waals surface area contributed by atoms with Gasteiger partial charge in [0, 0.05) is 12.1 Å². The van der Waals surface area contributed by atoms with Crippen LogP contribution in [0.3, 0.4) is 0 Å². The molecule has 1 atom stereocenters. The van der Waals surface area contributed by atoms with Crippen LogP contribution in [-0.4, -0.2) is 48.5 Å². The van der Waals surface area contributed by atoms with Gasteiger partial charge in [0.2, 0.25) is 0 Å². The Morgan fingerprint density at radius 2 is 2.20 bits per heavy atom. The molecule has 1 unspecified atom stereocenters. The standard InChI is InChI=1S/C12H25NO2/c1-12(2,10-14)13(3)8-4-6-11-7-5-9-15-11/h11,14H,4-10H2,1-3H3. The lowest BCUT2D eigenvalue weighted by Crippen LogP contribution is -2.44. The maximum absolute atomic E-state index is 9.21. The average molecular weight is 215 g/mol. The summed E-state index contributed by atoms with van der Waals surface area (Å²) < 4.78 is 5.58. The van der Waals surface area contributed by atoms with Gasteiger partial charge in [-0.2, -0.15) is 0 Å². The average Bonchev–Trinajstić information content (AvgIpc) is 2.70. The number of aliphatic hydroxyl groups excluding tert-OH is 1. The molecule has 0 aromatic rings. The van der Waals surface area contributed by atoms with Gasteiger partial charge in [-0.1, -0.05) is 0 Å². The summed E-state index contributed by atoms with van der Waals surface area (Å²) in [6, 6.07) is 0. The van der Waals surface area contributed by atoms with Gasteiger partial charge < -0.3 is 9.84 Å². The van der Waals surface area contributed by atoms with E-state index in [1.807, 2.05) is 0 Å². The highest BCUT2D eigenvalue weighted by Gasteiger charge is 2.22. The molecule has 15 heavy (non-hydrogen) atoms. The third kappa shape index (κ3) is 4.09. The van der Waals surface area contributed by atoms with Crippen LogP contribution < -0.4 is 0 Å². The van der Waals surface area contributed by atoms with Crippen molar-refractivity contribution in [2.75, 3.05) is 26.8 Å². The molecule has 0 aromatic heterocycles. The van der Waals surface area contributed by atoms with Gasteiger partial charge in [0.1, 0.15) is 0 Å². The largest absolute Gasteiger partial charge is 0.394 e. The summed E-state index contributed by atoms with van der Waals surface area (Å²) in [6.07, 6.45) is 5.27. The van der Waals surface area contributed by atoms with Gasteiger partial charge in [-0.25, -0.2) is 0 Å². The van der Waals surface area contributed by atoms with Crippen molar-refractivity contribution in [2.24, 2.45) is 0 Å². The maximum atomic E-state index is 9.21. The molecule has 1 saturated heterocycles. The smallest absolute Gasteiger partial charge is 0.0609 e. The minimum atomic E-state index is -0.101. The lowest BCUT2D eigenvalue weighted by atomic mass is 10.0. The van der Waals surface area contributed by atoms with Crippen molar-refractivity contribution < 1.29 is 9.84 Å². The van der Waals surface area contributed by atoms with Crippen molar-refractivity contribution in [1.82, 2.24) is 4.90 Å². The Hall–Kier alpha value is -0.120. The number of hydrogen-bond donors (Lipinski definition) is 1. The molecule has 1 heterocycles. The summed E-state index contributed by atoms with van der Waals surface area (Å²) >= 11 is 0. The van der Waals surface area contributed by atoms with E-state index in [-0.39, 0.29) is 12.1 Å². The van der Waals surface area contributed by atoms with Crippen LogP contribution in [0.4, 0.5) is 0 Å². The van der Waals surface area contributed by atoms with Crippen LogP contribution >= 0.6 is 0 Å². The number of hydrogen-bond acceptors (Lipinski definition) is 3. The highest BCUT2D eigenvalue weighted by molar-refractivity contribution is 4.78. The molecule has 1 aliphatic rings. The fourth-order valence-corrected chi connectivity index (χ4v) is 1.85. The number of rotatable bonds is 6. The third-order valence-corrected chi connectivity index (χ3v) is 3.46. The van der Waals surface area contributed by atoms with E-state index < -0.39 is 0 Å². The van der Waals surface area contributed by atoms with E-state index in [0.29, 0.717) is 6.10 Å². The zero-order valence-corrected chi connectivity index (χ0v) is 10.3. The highest BCUT2D eigenvalue weighted by Crippen LogP contribution is 2.18. The van der Waals surface area contributed by atoms with Crippen LogP contribution in [0.1, 0.15) is 39.5 Å². The molecule has 1 N–H and O–H groups in total. The fraction of sp³-hybridized carbons (Fsp3) is 1.00. The van der Waals surface area contributed by atoms with Crippen LogP contribution in [0.2, 0.25) is 0 Å². The predicted molar refractivity (Wildman–Crippen MR) is 62.0 cm³/mol. The van der Waals surface area contributed by atoms with Crippen LogP contribution in [-0.2, 0) is 4.74 Å². The normalized spacial score (nSPS) is 22.6. The van der Waals surface area contributed by atoms with Gasteiger partial charge in [-0.3, -0.25) is 4.90 Å². The molecule has 0 saturated carbocycles. The van der Waals surface area contributed by atoms with Crippen LogP contribution in [0, 0.1) is 0 Å². The Morgan fingerprint density at radius 1 is 1.47 bits per heavy atom. The number of nitrogens with zero attached hydrogens (tertiary/aromatic N) is 1. The van der Waals surface area contributed by atoms with Gasteiger partial charge in [0.25, 0.3) is 0 Å². The molecule has 0 aliphatic carbocycles. The van der Waals surface area contributed by atoms with Crippen LogP contribution in [0.15, 0.2) is 0 Å². The van der Waals surface area contributed by atoms with Gasteiger partial charge in [0.15, 0.2) is 0 Å². The second kappa shape index (κ2) is 5.83. The van der Waals surface area contributed by atoms with E-state index in [0.717, 1.165) is 26.0 Å². The Labute approximate surface area is 93.4 Å². The molecule has 0 amide bonds. The first-order valence-electron chi connectivity index (χ1n) is 6.00. The Bertz CT molecular complexity index is 176. The lowest BCUT2D eigenvalue weighted by Gasteiger charge is -2.34. The summed E-state index contributed by atoms with van der Waals surface area (Å²) in [5.74, 6) is 0. The molecule has 0 aromatic carbocycles. The summed E-state index contributed by atoms with van der Waals surface area (Å²) in [4.78, 5) is 2.22. The second-order valence-corrected chi connectivity index (χ2v) is 5.17. The Balaban J connectivity index is 2.13. The predicted octanol–water partition coefficient (Wildman–Crippen LogP) is 1.65. The third-order valence-electron chi connectivity index (χ3n) is 3.46. The topological polar surface area (TPSA) is 32.7 Å². The van der Waals surface area contributed by atoms with Crippen molar-refractivity contribution in [1.29, 1.82) is 0 Å². The van der Waals surface area contributed by atoms with E-state index >= 15 is 0 Å². The Morgan fingerprint density at radius 3 is 2.73 bits per heavy atom. The van der Waals surface area contributed by atoms with E-state index in [2.05, 4.69) is 25.8 Å². The van der Waals surface area contributed by atoms with Crippen molar-refractivity contribution in [2.45, 2.75) is 51.2 Å². The number of aliphatic hydroxyl groups is 1. The first kappa shape index (κ1) is 12.9. The minimum absolute atomic E-state index is 0.101. The van der Waals surface area contributed by atoms with Crippen molar-refractivity contribution in [3.8, 4) is 0 Å². The monoisotopic (exact) mass is 215 g/mol. The zero-order chi connectivity index (χ0) is 11.3. The van der Waals surface area contributed by atoms with Crippen molar-refractivity contribution in [3.63, 3.8) is 0 Å². The summed E-state index contributed by atoms with van der Waals surface area (Å²) in [6.45, 7) is 6.33. The molecule has 1 fully saturated rings. The summed E-state index contributed by atoms with van der Waals surface area (Å²) in [5, 5.41) is 9.21. The van der Waals surface area contributed by atoms with Crippen molar-refractivity contribution >= 4 is 0 Å². The molecule has 0 spiro atoms. The molecule has 0 bridgehead atoms. The molecule has 1 rings (SSSR count). The maximum Gasteiger partial charge on any atom is 0.0609 e. The molecule has 3 heteroatoms. The van der Waals surface area contributed by atoms with Gasteiger partial charge in [-0.05, 0) is 53.1 Å². The molecular formula is C12H25NO2. The van der Waals surface area contributed by atoms with Gasteiger partial charge in [0.05, 0.1) is 12.7 Å². The van der Waals surface area contributed by atoms with E-state index in [1.165, 1.54) is 12.8 Å². The number of ether oxygens (including phenoxy) is 1. The molecule has 0 radical (unpaired) electrons. The van der Waals surface area contributed by atoms with Crippen molar-refractivity contribution in [3.05, 3.63) is 0 Å². The minimum Gasteiger partial charge on any atom is -0.394 e. The lowest BCUT2D eigenvalue weighted by molar-refractivity contribution is 0.0667. The molecule has 1 aliphatic heterocycles. The van der Waals surface area contributed by atoms with Gasteiger partial charge >= 0.3 is 0 Å². The van der Waals surface area contributed by atoms with Crippen LogP contribution in [0.5, 0.6) is 0 Å². The SMILES string of the molecule is CN(CCCC1CCCO1)C(C)(C)CO. The van der Waals surface area contributed by atoms with Crippen LogP contribution in [0.25, 0.3) is 0 Å². The summed E-state index contributed by atoms with van der Waals surface area (Å²) in [7, 11) is 2.08. The first-order valence-corrected chi connectivity index (χ1v) is 6.00. The molecule has 90 valence electrons.